The molecule has 0 unspecified atom stereocenters. The zero-order chi connectivity index (χ0) is 18.4. The van der Waals surface area contributed by atoms with Gasteiger partial charge in [0.2, 0.25) is 5.95 Å². The smallest absolute Gasteiger partial charge is 0.224 e. The molecule has 1 aromatic heterocycles. The van der Waals surface area contributed by atoms with Crippen LogP contribution in [-0.2, 0) is 13.0 Å². The molecule has 0 atom stereocenters. The summed E-state index contributed by atoms with van der Waals surface area (Å²) in [5, 5.41) is 6.61. The molecular weight excluding hydrogens is 327 g/mol. The summed E-state index contributed by atoms with van der Waals surface area (Å²) >= 11 is 0. The van der Waals surface area contributed by atoms with Crippen molar-refractivity contribution in [2.45, 2.75) is 26.8 Å². The first-order valence-electron chi connectivity index (χ1n) is 8.72. The zero-order valence-electron chi connectivity index (χ0n) is 15.1. The van der Waals surface area contributed by atoms with Gasteiger partial charge in [-0.05, 0) is 49.1 Å². The lowest BCUT2D eigenvalue weighted by Gasteiger charge is -2.11. The summed E-state index contributed by atoms with van der Waals surface area (Å²) in [5.41, 5.74) is 4.47. The Morgan fingerprint density at radius 2 is 1.69 bits per heavy atom. The van der Waals surface area contributed by atoms with E-state index in [1.54, 1.807) is 12.1 Å². The average Bonchev–Trinajstić information content (AvgIpc) is 2.62. The molecule has 1 heterocycles. The third-order valence-electron chi connectivity index (χ3n) is 4.19. The molecule has 2 N–H and O–H groups in total. The van der Waals surface area contributed by atoms with Gasteiger partial charge in [-0.3, -0.25) is 0 Å². The van der Waals surface area contributed by atoms with Crippen molar-refractivity contribution in [2.75, 3.05) is 17.2 Å². The van der Waals surface area contributed by atoms with Gasteiger partial charge in [0.15, 0.2) is 0 Å². The molecule has 0 aliphatic carbocycles. The van der Waals surface area contributed by atoms with Gasteiger partial charge in [0.05, 0.1) is 0 Å². The average molecular weight is 350 g/mol. The van der Waals surface area contributed by atoms with Gasteiger partial charge in [-0.25, -0.2) is 9.37 Å². The molecule has 0 saturated heterocycles. The standard InChI is InChI=1S/C21H23FN4/c1-15-5-3-4-6-18(15)14-24-20-13-16(2)25-21(26-20)23-12-11-17-7-9-19(22)10-8-17/h3-10,13H,11-12,14H2,1-2H3,(H2,23,24,25,26). The maximum atomic E-state index is 12.9. The Morgan fingerprint density at radius 3 is 2.46 bits per heavy atom. The monoisotopic (exact) mass is 350 g/mol. The molecule has 3 rings (SSSR count). The number of hydrogen-bond acceptors (Lipinski definition) is 4. The topological polar surface area (TPSA) is 49.8 Å². The fraction of sp³-hybridized carbons (Fsp3) is 0.238. The van der Waals surface area contributed by atoms with Crippen molar-refractivity contribution in [2.24, 2.45) is 0 Å². The second kappa shape index (κ2) is 8.43. The number of benzene rings is 2. The van der Waals surface area contributed by atoms with Gasteiger partial charge in [-0.2, -0.15) is 4.98 Å². The highest BCUT2D eigenvalue weighted by molar-refractivity contribution is 5.43. The van der Waals surface area contributed by atoms with Crippen LogP contribution in [0.25, 0.3) is 0 Å². The Hall–Kier alpha value is -2.95. The van der Waals surface area contributed by atoms with Gasteiger partial charge in [0.25, 0.3) is 0 Å². The largest absolute Gasteiger partial charge is 0.366 e. The number of nitrogens with zero attached hydrogens (tertiary/aromatic N) is 2. The Balaban J connectivity index is 1.58. The van der Waals surface area contributed by atoms with Crippen molar-refractivity contribution in [1.29, 1.82) is 0 Å². The lowest BCUT2D eigenvalue weighted by Crippen LogP contribution is -2.11. The number of nitrogens with one attached hydrogen (secondary N) is 2. The molecule has 0 bridgehead atoms. The zero-order valence-corrected chi connectivity index (χ0v) is 15.1. The van der Waals surface area contributed by atoms with Gasteiger partial charge in [-0.1, -0.05) is 36.4 Å². The third kappa shape index (κ3) is 5.02. The summed E-state index contributed by atoms with van der Waals surface area (Å²) in [6.07, 6.45) is 0.781. The molecule has 5 heteroatoms. The predicted molar refractivity (Wildman–Crippen MR) is 104 cm³/mol. The van der Waals surface area contributed by atoms with Crippen LogP contribution in [0.15, 0.2) is 54.6 Å². The van der Waals surface area contributed by atoms with Crippen molar-refractivity contribution < 1.29 is 4.39 Å². The van der Waals surface area contributed by atoms with Crippen LogP contribution in [0.5, 0.6) is 0 Å². The molecule has 2 aromatic carbocycles. The molecule has 0 saturated carbocycles. The van der Waals surface area contributed by atoms with Gasteiger partial charge in [0.1, 0.15) is 11.6 Å². The molecule has 0 aliphatic heterocycles. The normalized spacial score (nSPS) is 10.6. The Labute approximate surface area is 153 Å². The number of anilines is 2. The molecule has 0 fully saturated rings. The van der Waals surface area contributed by atoms with Gasteiger partial charge >= 0.3 is 0 Å². The molecule has 0 amide bonds. The molecular formula is C21H23FN4. The highest BCUT2D eigenvalue weighted by Gasteiger charge is 2.04. The quantitative estimate of drug-likeness (QED) is 0.659. The van der Waals surface area contributed by atoms with Crippen LogP contribution in [0, 0.1) is 19.7 Å². The summed E-state index contributed by atoms with van der Waals surface area (Å²) in [5.74, 6) is 1.18. The molecule has 3 aromatic rings. The molecule has 26 heavy (non-hydrogen) atoms. The van der Waals surface area contributed by atoms with Crippen LogP contribution in [0.4, 0.5) is 16.2 Å². The second-order valence-corrected chi connectivity index (χ2v) is 6.30. The fourth-order valence-corrected chi connectivity index (χ4v) is 2.70. The van der Waals surface area contributed by atoms with Gasteiger partial charge in [-0.15, -0.1) is 0 Å². The SMILES string of the molecule is Cc1cc(NCc2ccccc2C)nc(NCCc2ccc(F)cc2)n1. The van der Waals surface area contributed by atoms with Crippen LogP contribution in [0.3, 0.4) is 0 Å². The maximum Gasteiger partial charge on any atom is 0.224 e. The first-order valence-corrected chi connectivity index (χ1v) is 8.72. The van der Waals surface area contributed by atoms with Crippen molar-refractivity contribution in [1.82, 2.24) is 9.97 Å². The highest BCUT2D eigenvalue weighted by Crippen LogP contribution is 2.13. The summed E-state index contributed by atoms with van der Waals surface area (Å²) in [6, 6.07) is 16.8. The van der Waals surface area contributed by atoms with E-state index in [0.29, 0.717) is 12.5 Å². The minimum atomic E-state index is -0.215. The van der Waals surface area contributed by atoms with E-state index in [-0.39, 0.29) is 5.82 Å². The number of aromatic nitrogens is 2. The van der Waals surface area contributed by atoms with Crippen LogP contribution >= 0.6 is 0 Å². The van der Waals surface area contributed by atoms with E-state index >= 15 is 0 Å². The van der Waals surface area contributed by atoms with E-state index in [2.05, 4.69) is 39.7 Å². The maximum absolute atomic E-state index is 12.9. The van der Waals surface area contributed by atoms with Crippen molar-refractivity contribution in [3.63, 3.8) is 0 Å². The van der Waals surface area contributed by atoms with E-state index in [1.165, 1.54) is 23.3 Å². The molecule has 4 nitrogen and oxygen atoms in total. The van der Waals surface area contributed by atoms with Crippen molar-refractivity contribution in [3.05, 3.63) is 82.8 Å². The minimum Gasteiger partial charge on any atom is -0.366 e. The van der Waals surface area contributed by atoms with Gasteiger partial charge in [0, 0.05) is 24.8 Å². The van der Waals surface area contributed by atoms with Crippen molar-refractivity contribution >= 4 is 11.8 Å². The summed E-state index contributed by atoms with van der Waals surface area (Å²) in [7, 11) is 0. The van der Waals surface area contributed by atoms with Crippen LogP contribution in [0.1, 0.15) is 22.4 Å². The third-order valence-corrected chi connectivity index (χ3v) is 4.19. The summed E-state index contributed by atoms with van der Waals surface area (Å²) in [4.78, 5) is 8.96. The summed E-state index contributed by atoms with van der Waals surface area (Å²) < 4.78 is 12.9. The molecule has 0 spiro atoms. The van der Waals surface area contributed by atoms with Crippen LogP contribution in [0.2, 0.25) is 0 Å². The Kier molecular flexibility index (Phi) is 5.79. The first kappa shape index (κ1) is 17.9. The number of aryl methyl sites for hydroxylation is 2. The van der Waals surface area contributed by atoms with E-state index < -0.39 is 0 Å². The predicted octanol–water partition coefficient (Wildman–Crippen LogP) is 4.50. The van der Waals surface area contributed by atoms with E-state index in [9.17, 15) is 4.39 Å². The molecule has 0 aliphatic rings. The number of halogens is 1. The number of rotatable bonds is 7. The Morgan fingerprint density at radius 1 is 0.923 bits per heavy atom. The van der Waals surface area contributed by atoms with E-state index in [0.717, 1.165) is 30.0 Å². The van der Waals surface area contributed by atoms with Crippen molar-refractivity contribution in [3.8, 4) is 0 Å². The van der Waals surface area contributed by atoms with Crippen LogP contribution < -0.4 is 10.6 Å². The van der Waals surface area contributed by atoms with Gasteiger partial charge < -0.3 is 10.6 Å². The second-order valence-electron chi connectivity index (χ2n) is 6.30. The lowest BCUT2D eigenvalue weighted by molar-refractivity contribution is 0.627. The minimum absolute atomic E-state index is 0.215. The number of hydrogen-bond donors (Lipinski definition) is 2. The highest BCUT2D eigenvalue weighted by atomic mass is 19.1. The lowest BCUT2D eigenvalue weighted by atomic mass is 10.1. The van der Waals surface area contributed by atoms with E-state index in [1.807, 2.05) is 25.1 Å². The van der Waals surface area contributed by atoms with Crippen LogP contribution in [-0.4, -0.2) is 16.5 Å². The molecule has 134 valence electrons. The summed E-state index contributed by atoms with van der Waals surface area (Å²) in [6.45, 7) is 5.46. The fourth-order valence-electron chi connectivity index (χ4n) is 2.70. The van der Waals surface area contributed by atoms with E-state index in [4.69, 9.17) is 0 Å². The molecule has 0 radical (unpaired) electrons. The Bertz CT molecular complexity index is 862. The first-order chi connectivity index (χ1) is 12.6.